The molecule has 1 fully saturated rings. The van der Waals surface area contributed by atoms with Crippen molar-refractivity contribution in [3.05, 3.63) is 23.2 Å². The molecule has 1 heterocycles. The highest BCUT2D eigenvalue weighted by molar-refractivity contribution is 7.89. The zero-order chi connectivity index (χ0) is 13.6. The van der Waals surface area contributed by atoms with Crippen LogP contribution in [0.25, 0.3) is 0 Å². The van der Waals surface area contributed by atoms with Crippen LogP contribution in [0.5, 0.6) is 0 Å². The molecule has 0 aromatic heterocycles. The lowest BCUT2D eigenvalue weighted by Gasteiger charge is -2.30. The molecule has 1 aliphatic rings. The SMILES string of the molecule is CC1(C)CCCN1S(=O)(=O)c1cc(N)ccc1Cl. The Balaban J connectivity index is 2.52. The van der Waals surface area contributed by atoms with E-state index in [0.29, 0.717) is 12.2 Å². The van der Waals surface area contributed by atoms with E-state index in [4.69, 9.17) is 17.3 Å². The maximum atomic E-state index is 12.6. The first-order chi connectivity index (χ1) is 8.25. The van der Waals surface area contributed by atoms with Crippen LogP contribution >= 0.6 is 11.6 Å². The monoisotopic (exact) mass is 288 g/mol. The molecule has 0 amide bonds. The van der Waals surface area contributed by atoms with Crippen molar-refractivity contribution in [3.8, 4) is 0 Å². The smallest absolute Gasteiger partial charge is 0.245 e. The number of nitrogens with zero attached hydrogens (tertiary/aromatic N) is 1. The maximum Gasteiger partial charge on any atom is 0.245 e. The molecule has 0 atom stereocenters. The Bertz CT molecular complexity index is 569. The van der Waals surface area contributed by atoms with Crippen LogP contribution in [0.15, 0.2) is 23.1 Å². The molecule has 0 unspecified atom stereocenters. The third-order valence-electron chi connectivity index (χ3n) is 3.35. The second kappa shape index (κ2) is 4.40. The number of nitrogens with two attached hydrogens (primary N) is 1. The van der Waals surface area contributed by atoms with Crippen LogP contribution in [-0.4, -0.2) is 24.8 Å². The van der Waals surface area contributed by atoms with Gasteiger partial charge in [0, 0.05) is 17.8 Å². The van der Waals surface area contributed by atoms with E-state index < -0.39 is 10.0 Å². The summed E-state index contributed by atoms with van der Waals surface area (Å²) in [6, 6.07) is 4.54. The van der Waals surface area contributed by atoms with Crippen molar-refractivity contribution in [1.29, 1.82) is 0 Å². The summed E-state index contributed by atoms with van der Waals surface area (Å²) >= 11 is 5.99. The Morgan fingerprint density at radius 2 is 2.06 bits per heavy atom. The molecule has 18 heavy (non-hydrogen) atoms. The van der Waals surface area contributed by atoms with E-state index in [0.717, 1.165) is 12.8 Å². The highest BCUT2D eigenvalue weighted by Gasteiger charge is 2.41. The second-order valence-corrected chi connectivity index (χ2v) is 7.42. The number of rotatable bonds is 2. The molecule has 2 N–H and O–H groups in total. The molecule has 0 spiro atoms. The highest BCUT2D eigenvalue weighted by Crippen LogP contribution is 2.36. The number of benzene rings is 1. The first kappa shape index (κ1) is 13.6. The van der Waals surface area contributed by atoms with Crippen molar-refractivity contribution in [2.24, 2.45) is 0 Å². The highest BCUT2D eigenvalue weighted by atomic mass is 35.5. The number of halogens is 1. The molecule has 2 rings (SSSR count). The van der Waals surface area contributed by atoms with Crippen molar-refractivity contribution in [2.45, 2.75) is 37.1 Å². The lowest BCUT2D eigenvalue weighted by molar-refractivity contribution is 0.292. The van der Waals surface area contributed by atoms with Gasteiger partial charge in [-0.15, -0.1) is 0 Å². The fraction of sp³-hybridized carbons (Fsp3) is 0.500. The van der Waals surface area contributed by atoms with Crippen LogP contribution < -0.4 is 5.73 Å². The molecular weight excluding hydrogens is 272 g/mol. The van der Waals surface area contributed by atoms with Gasteiger partial charge in [-0.05, 0) is 44.9 Å². The van der Waals surface area contributed by atoms with Gasteiger partial charge in [-0.2, -0.15) is 4.31 Å². The van der Waals surface area contributed by atoms with Gasteiger partial charge in [-0.1, -0.05) is 11.6 Å². The summed E-state index contributed by atoms with van der Waals surface area (Å²) in [6.07, 6.45) is 1.72. The molecule has 0 saturated carbocycles. The predicted octanol–water partition coefficient (Wildman–Crippen LogP) is 2.49. The summed E-state index contributed by atoms with van der Waals surface area (Å²) in [5.74, 6) is 0. The number of hydrogen-bond acceptors (Lipinski definition) is 3. The number of hydrogen-bond donors (Lipinski definition) is 1. The molecule has 1 aromatic carbocycles. The Labute approximate surface area is 113 Å². The zero-order valence-electron chi connectivity index (χ0n) is 10.5. The second-order valence-electron chi connectivity index (χ2n) is 5.18. The van der Waals surface area contributed by atoms with E-state index in [2.05, 4.69) is 0 Å². The van der Waals surface area contributed by atoms with Gasteiger partial charge < -0.3 is 5.73 Å². The molecule has 1 saturated heterocycles. The van der Waals surface area contributed by atoms with Crippen molar-refractivity contribution >= 4 is 27.3 Å². The minimum absolute atomic E-state index is 0.0964. The summed E-state index contributed by atoms with van der Waals surface area (Å²) in [4.78, 5) is 0.0964. The normalized spacial score (nSPS) is 20.2. The average Bonchev–Trinajstić information content (AvgIpc) is 2.62. The Hall–Kier alpha value is -0.780. The fourth-order valence-electron chi connectivity index (χ4n) is 2.36. The van der Waals surface area contributed by atoms with Gasteiger partial charge in [0.05, 0.1) is 5.02 Å². The Morgan fingerprint density at radius 1 is 1.39 bits per heavy atom. The van der Waals surface area contributed by atoms with Gasteiger partial charge >= 0.3 is 0 Å². The van der Waals surface area contributed by atoms with Gasteiger partial charge in [-0.25, -0.2) is 8.42 Å². The number of nitrogen functional groups attached to an aromatic ring is 1. The molecule has 1 aliphatic heterocycles. The maximum absolute atomic E-state index is 12.6. The van der Waals surface area contributed by atoms with Crippen LogP contribution in [0.4, 0.5) is 5.69 Å². The minimum atomic E-state index is -3.58. The lowest BCUT2D eigenvalue weighted by atomic mass is 10.0. The summed E-state index contributed by atoms with van der Waals surface area (Å²) in [5.41, 5.74) is 5.68. The molecule has 0 radical (unpaired) electrons. The molecule has 4 nitrogen and oxygen atoms in total. The van der Waals surface area contributed by atoms with Crippen LogP contribution in [0, 0.1) is 0 Å². The summed E-state index contributed by atoms with van der Waals surface area (Å²) in [5, 5.41) is 0.215. The Kier molecular flexibility index (Phi) is 3.34. The van der Waals surface area contributed by atoms with Crippen LogP contribution in [-0.2, 0) is 10.0 Å². The minimum Gasteiger partial charge on any atom is -0.399 e. The molecule has 1 aromatic rings. The third kappa shape index (κ3) is 2.22. The lowest BCUT2D eigenvalue weighted by Crippen LogP contribution is -2.42. The van der Waals surface area contributed by atoms with Gasteiger partial charge in [-0.3, -0.25) is 0 Å². The largest absolute Gasteiger partial charge is 0.399 e. The van der Waals surface area contributed by atoms with Crippen LogP contribution in [0.1, 0.15) is 26.7 Å². The third-order valence-corrected chi connectivity index (χ3v) is 5.94. The fourth-order valence-corrected chi connectivity index (χ4v) is 4.72. The van der Waals surface area contributed by atoms with E-state index in [-0.39, 0.29) is 15.5 Å². The van der Waals surface area contributed by atoms with Crippen molar-refractivity contribution < 1.29 is 8.42 Å². The predicted molar refractivity (Wildman–Crippen MR) is 73.1 cm³/mol. The van der Waals surface area contributed by atoms with E-state index in [1.165, 1.54) is 16.4 Å². The van der Waals surface area contributed by atoms with Crippen molar-refractivity contribution in [3.63, 3.8) is 0 Å². The van der Waals surface area contributed by atoms with Crippen LogP contribution in [0.2, 0.25) is 5.02 Å². The standard InChI is InChI=1S/C12H17ClN2O2S/c1-12(2)6-3-7-15(12)18(16,17)11-8-9(14)4-5-10(11)13/h4-5,8H,3,6-7,14H2,1-2H3. The molecule has 0 bridgehead atoms. The number of sulfonamides is 1. The number of anilines is 1. The van der Waals surface area contributed by atoms with Crippen molar-refractivity contribution in [2.75, 3.05) is 12.3 Å². The van der Waals surface area contributed by atoms with E-state index >= 15 is 0 Å². The van der Waals surface area contributed by atoms with Crippen LogP contribution in [0.3, 0.4) is 0 Å². The summed E-state index contributed by atoms with van der Waals surface area (Å²) < 4.78 is 26.7. The quantitative estimate of drug-likeness (QED) is 0.851. The Morgan fingerprint density at radius 3 is 2.61 bits per heavy atom. The van der Waals surface area contributed by atoms with Gasteiger partial charge in [0.1, 0.15) is 4.90 Å². The summed E-state index contributed by atoms with van der Waals surface area (Å²) in [6.45, 7) is 4.38. The molecule has 0 aliphatic carbocycles. The van der Waals surface area contributed by atoms with Gasteiger partial charge in [0.25, 0.3) is 0 Å². The molecule has 100 valence electrons. The molecule has 6 heteroatoms. The van der Waals surface area contributed by atoms with E-state index in [9.17, 15) is 8.42 Å². The zero-order valence-corrected chi connectivity index (χ0v) is 12.1. The first-order valence-corrected chi connectivity index (χ1v) is 7.65. The first-order valence-electron chi connectivity index (χ1n) is 5.83. The van der Waals surface area contributed by atoms with E-state index in [1.807, 2.05) is 13.8 Å². The topological polar surface area (TPSA) is 63.4 Å². The summed E-state index contributed by atoms with van der Waals surface area (Å²) in [7, 11) is -3.58. The average molecular weight is 289 g/mol. The van der Waals surface area contributed by atoms with Gasteiger partial charge in [0.15, 0.2) is 0 Å². The van der Waals surface area contributed by atoms with Gasteiger partial charge in [0.2, 0.25) is 10.0 Å². The van der Waals surface area contributed by atoms with E-state index in [1.54, 1.807) is 6.07 Å². The van der Waals surface area contributed by atoms with Crippen molar-refractivity contribution in [1.82, 2.24) is 4.31 Å². The molecular formula is C12H17ClN2O2S.